The number of halogens is 1. The minimum atomic E-state index is -0.683. The van der Waals surface area contributed by atoms with E-state index in [0.717, 1.165) is 63.5 Å². The molecule has 2 saturated carbocycles. The molecule has 138 valence electrons. The average Bonchev–Trinajstić information content (AvgIpc) is 2.96. The van der Waals surface area contributed by atoms with Crippen LogP contribution in [0.4, 0.5) is 4.39 Å². The van der Waals surface area contributed by atoms with Crippen LogP contribution in [0.15, 0.2) is 24.3 Å². The normalized spacial score (nSPS) is 32.6. The van der Waals surface area contributed by atoms with Crippen LogP contribution in [0, 0.1) is 17.2 Å². The third-order valence-corrected chi connectivity index (χ3v) is 6.15. The summed E-state index contributed by atoms with van der Waals surface area (Å²) in [5.74, 6) is -1.13. The molecule has 1 aromatic carbocycles. The molecule has 2 atom stereocenters. The maximum absolute atomic E-state index is 13.1. The van der Waals surface area contributed by atoms with Gasteiger partial charge < -0.3 is 15.5 Å². The van der Waals surface area contributed by atoms with E-state index < -0.39 is 5.97 Å². The van der Waals surface area contributed by atoms with Gasteiger partial charge in [-0.2, -0.15) is 0 Å². The number of aliphatic hydroxyl groups is 1. The monoisotopic (exact) mass is 349 g/mol. The molecule has 1 aromatic rings. The molecule has 0 saturated heterocycles. The molecule has 0 heterocycles. The number of hydrogen-bond acceptors (Lipinski definition) is 3. The molecule has 2 aliphatic carbocycles. The highest BCUT2D eigenvalue weighted by molar-refractivity contribution is 5.70. The SMILES string of the molecule is O=C(O)C1CCC(NCC2(Cc3ccc(F)cc3)CCCC2O)CC1. The Kier molecular flexibility index (Phi) is 5.74. The van der Waals surface area contributed by atoms with E-state index in [9.17, 15) is 14.3 Å². The van der Waals surface area contributed by atoms with Crippen molar-refractivity contribution in [2.24, 2.45) is 11.3 Å². The fourth-order valence-electron chi connectivity index (χ4n) is 4.50. The highest BCUT2D eigenvalue weighted by Gasteiger charge is 2.42. The van der Waals surface area contributed by atoms with Crippen LogP contribution in [0.2, 0.25) is 0 Å². The molecule has 0 bridgehead atoms. The molecule has 25 heavy (non-hydrogen) atoms. The van der Waals surface area contributed by atoms with Crippen molar-refractivity contribution >= 4 is 5.97 Å². The lowest BCUT2D eigenvalue weighted by Crippen LogP contribution is -2.46. The van der Waals surface area contributed by atoms with Gasteiger partial charge in [-0.3, -0.25) is 4.79 Å². The number of benzene rings is 1. The summed E-state index contributed by atoms with van der Waals surface area (Å²) in [6.45, 7) is 0.730. The quantitative estimate of drug-likeness (QED) is 0.738. The summed E-state index contributed by atoms with van der Waals surface area (Å²) in [5, 5.41) is 23.3. The maximum atomic E-state index is 13.1. The number of aliphatic carboxylic acids is 1. The number of aliphatic hydroxyl groups excluding tert-OH is 1. The Bertz CT molecular complexity index is 583. The van der Waals surface area contributed by atoms with E-state index in [-0.39, 0.29) is 23.3 Å². The summed E-state index contributed by atoms with van der Waals surface area (Å²) in [6.07, 6.45) is 6.38. The van der Waals surface area contributed by atoms with Gasteiger partial charge in [0.05, 0.1) is 12.0 Å². The van der Waals surface area contributed by atoms with Gasteiger partial charge in [0, 0.05) is 18.0 Å². The summed E-state index contributed by atoms with van der Waals surface area (Å²) in [5.41, 5.74) is 0.848. The minimum absolute atomic E-state index is 0.205. The van der Waals surface area contributed by atoms with Gasteiger partial charge >= 0.3 is 5.97 Å². The smallest absolute Gasteiger partial charge is 0.306 e. The van der Waals surface area contributed by atoms with Gasteiger partial charge in [0.1, 0.15) is 5.82 Å². The molecule has 0 radical (unpaired) electrons. The highest BCUT2D eigenvalue weighted by atomic mass is 19.1. The van der Waals surface area contributed by atoms with Crippen LogP contribution < -0.4 is 5.32 Å². The van der Waals surface area contributed by atoms with Crippen LogP contribution in [0.1, 0.15) is 50.5 Å². The number of nitrogens with one attached hydrogen (secondary N) is 1. The predicted octanol–water partition coefficient (Wildman–Crippen LogP) is 3.13. The second-order valence-corrected chi connectivity index (χ2v) is 7.84. The first-order valence-electron chi connectivity index (χ1n) is 9.37. The fraction of sp³-hybridized carbons (Fsp3) is 0.650. The number of hydrogen-bond donors (Lipinski definition) is 3. The summed E-state index contributed by atoms with van der Waals surface area (Å²) >= 11 is 0. The molecular formula is C20H28FNO3. The van der Waals surface area contributed by atoms with E-state index in [2.05, 4.69) is 5.32 Å². The van der Waals surface area contributed by atoms with Gasteiger partial charge in [0.2, 0.25) is 0 Å². The fourth-order valence-corrected chi connectivity index (χ4v) is 4.50. The maximum Gasteiger partial charge on any atom is 0.306 e. The first-order chi connectivity index (χ1) is 12.0. The molecule has 5 heteroatoms. The zero-order valence-electron chi connectivity index (χ0n) is 14.6. The van der Waals surface area contributed by atoms with Gasteiger partial charge in [0.15, 0.2) is 0 Å². The molecule has 0 spiro atoms. The zero-order chi connectivity index (χ0) is 17.9. The van der Waals surface area contributed by atoms with Gasteiger partial charge in [-0.1, -0.05) is 18.6 Å². The van der Waals surface area contributed by atoms with Gasteiger partial charge in [-0.05, 0) is 62.6 Å². The predicted molar refractivity (Wildman–Crippen MR) is 93.8 cm³/mol. The van der Waals surface area contributed by atoms with Crippen molar-refractivity contribution in [2.45, 2.75) is 63.5 Å². The highest BCUT2D eigenvalue weighted by Crippen LogP contribution is 2.41. The topological polar surface area (TPSA) is 69.6 Å². The number of rotatable bonds is 6. The van der Waals surface area contributed by atoms with Gasteiger partial charge in [-0.15, -0.1) is 0 Å². The largest absolute Gasteiger partial charge is 0.481 e. The average molecular weight is 349 g/mol. The first-order valence-corrected chi connectivity index (χ1v) is 9.37. The molecule has 0 aromatic heterocycles. The van der Waals surface area contributed by atoms with Crippen LogP contribution in [0.25, 0.3) is 0 Å². The van der Waals surface area contributed by atoms with Crippen molar-refractivity contribution in [1.29, 1.82) is 0 Å². The lowest BCUT2D eigenvalue weighted by molar-refractivity contribution is -0.142. The van der Waals surface area contributed by atoms with Crippen LogP contribution in [-0.2, 0) is 11.2 Å². The van der Waals surface area contributed by atoms with Crippen LogP contribution in [0.3, 0.4) is 0 Å². The Morgan fingerprint density at radius 2 is 1.84 bits per heavy atom. The van der Waals surface area contributed by atoms with E-state index in [0.29, 0.717) is 6.04 Å². The van der Waals surface area contributed by atoms with E-state index in [1.54, 1.807) is 12.1 Å². The standard InChI is InChI=1S/C20H28FNO3/c21-16-7-3-14(4-8-16)12-20(11-1-2-18(20)23)13-22-17-9-5-15(6-10-17)19(24)25/h3-4,7-8,15,17-18,22-23H,1-2,5-6,9-13H2,(H,24,25). The third kappa shape index (κ3) is 4.39. The van der Waals surface area contributed by atoms with Crippen molar-refractivity contribution in [2.75, 3.05) is 6.54 Å². The molecular weight excluding hydrogens is 321 g/mol. The third-order valence-electron chi connectivity index (χ3n) is 6.15. The molecule has 4 nitrogen and oxygen atoms in total. The lowest BCUT2D eigenvalue weighted by atomic mass is 9.77. The van der Waals surface area contributed by atoms with Crippen molar-refractivity contribution in [3.8, 4) is 0 Å². The Hall–Kier alpha value is -1.46. The molecule has 2 unspecified atom stereocenters. The second kappa shape index (κ2) is 7.83. The molecule has 3 rings (SSSR count). The summed E-state index contributed by atoms with van der Waals surface area (Å²) in [7, 11) is 0. The molecule has 0 aliphatic heterocycles. The molecule has 3 N–H and O–H groups in total. The number of carbonyl (C=O) groups is 1. The van der Waals surface area contributed by atoms with Crippen LogP contribution >= 0.6 is 0 Å². The minimum Gasteiger partial charge on any atom is -0.481 e. The van der Waals surface area contributed by atoms with E-state index in [4.69, 9.17) is 5.11 Å². The van der Waals surface area contributed by atoms with Crippen LogP contribution in [-0.4, -0.2) is 34.9 Å². The Labute approximate surface area is 148 Å². The Morgan fingerprint density at radius 3 is 2.40 bits per heavy atom. The Balaban J connectivity index is 1.60. The van der Waals surface area contributed by atoms with Crippen LogP contribution in [0.5, 0.6) is 0 Å². The first kappa shape index (κ1) is 18.3. The summed E-state index contributed by atoms with van der Waals surface area (Å²) in [6, 6.07) is 6.89. The van der Waals surface area contributed by atoms with Crippen molar-refractivity contribution in [1.82, 2.24) is 5.32 Å². The number of carboxylic acids is 1. The lowest BCUT2D eigenvalue weighted by Gasteiger charge is -2.36. The van der Waals surface area contributed by atoms with Crippen molar-refractivity contribution in [3.63, 3.8) is 0 Å². The zero-order valence-corrected chi connectivity index (χ0v) is 14.6. The van der Waals surface area contributed by atoms with Gasteiger partial charge in [0.25, 0.3) is 0 Å². The molecule has 2 aliphatic rings. The molecule has 2 fully saturated rings. The molecule has 0 amide bonds. The van der Waals surface area contributed by atoms with E-state index in [1.807, 2.05) is 0 Å². The van der Waals surface area contributed by atoms with Gasteiger partial charge in [-0.25, -0.2) is 4.39 Å². The number of carboxylic acid groups (broad SMARTS) is 1. The van der Waals surface area contributed by atoms with E-state index >= 15 is 0 Å². The second-order valence-electron chi connectivity index (χ2n) is 7.84. The van der Waals surface area contributed by atoms with E-state index in [1.165, 1.54) is 12.1 Å². The summed E-state index contributed by atoms with van der Waals surface area (Å²) in [4.78, 5) is 11.1. The summed E-state index contributed by atoms with van der Waals surface area (Å²) < 4.78 is 13.1. The van der Waals surface area contributed by atoms with Crippen molar-refractivity contribution in [3.05, 3.63) is 35.6 Å². The Morgan fingerprint density at radius 1 is 1.16 bits per heavy atom. The van der Waals surface area contributed by atoms with Crippen molar-refractivity contribution < 1.29 is 19.4 Å².